The van der Waals surface area contributed by atoms with Crippen molar-refractivity contribution in [3.8, 4) is 0 Å². The van der Waals surface area contributed by atoms with Gasteiger partial charge in [-0.2, -0.15) is 0 Å². The van der Waals surface area contributed by atoms with E-state index in [9.17, 15) is 4.79 Å². The summed E-state index contributed by atoms with van der Waals surface area (Å²) in [6.07, 6.45) is 0.987. The Hall–Kier alpha value is -1.59. The Labute approximate surface area is 126 Å². The normalized spacial score (nSPS) is 19.4. The Morgan fingerprint density at radius 2 is 2.14 bits per heavy atom. The summed E-state index contributed by atoms with van der Waals surface area (Å²) in [5.74, 6) is 0.405. The Bertz CT molecular complexity index is 459. The number of urea groups is 1. The van der Waals surface area contributed by atoms with E-state index in [1.54, 1.807) is 0 Å². The zero-order valence-corrected chi connectivity index (χ0v) is 12.8. The summed E-state index contributed by atoms with van der Waals surface area (Å²) in [6.45, 7) is 6.85. The second kappa shape index (κ2) is 7.43. The van der Waals surface area contributed by atoms with Gasteiger partial charge in [0.25, 0.3) is 0 Å². The van der Waals surface area contributed by atoms with E-state index < -0.39 is 0 Å². The predicted molar refractivity (Wildman–Crippen MR) is 84.1 cm³/mol. The molecule has 0 spiro atoms. The summed E-state index contributed by atoms with van der Waals surface area (Å²) in [5, 5.41) is 2.94. The van der Waals surface area contributed by atoms with Gasteiger partial charge in [-0.15, -0.1) is 0 Å². The predicted octanol–water partition coefficient (Wildman–Crippen LogP) is 2.42. The minimum atomic E-state index is -0.0633. The second-order valence-electron chi connectivity index (χ2n) is 5.78. The number of benzene rings is 1. The third-order valence-electron chi connectivity index (χ3n) is 3.78. The zero-order chi connectivity index (χ0) is 15.2. The maximum absolute atomic E-state index is 12.4. The fourth-order valence-electron chi connectivity index (χ4n) is 2.37. The van der Waals surface area contributed by atoms with E-state index in [-0.39, 0.29) is 12.1 Å². The first-order valence-corrected chi connectivity index (χ1v) is 7.56. The van der Waals surface area contributed by atoms with E-state index in [4.69, 9.17) is 10.5 Å². The highest BCUT2D eigenvalue weighted by molar-refractivity contribution is 5.89. The first kappa shape index (κ1) is 15.8. The molecule has 0 bridgehead atoms. The lowest BCUT2D eigenvalue weighted by atomic mass is 10.1. The van der Waals surface area contributed by atoms with Crippen LogP contribution in [-0.4, -0.2) is 36.7 Å². The number of nitrogens with one attached hydrogen (secondary N) is 1. The van der Waals surface area contributed by atoms with Gasteiger partial charge >= 0.3 is 6.03 Å². The average Bonchev–Trinajstić information content (AvgIpc) is 2.74. The van der Waals surface area contributed by atoms with Crippen LogP contribution in [0.4, 0.5) is 10.5 Å². The number of nitrogens with two attached hydrogens (primary N) is 1. The third kappa shape index (κ3) is 4.44. The molecular weight excluding hydrogens is 266 g/mol. The highest BCUT2D eigenvalue weighted by Gasteiger charge is 2.24. The minimum absolute atomic E-state index is 0.0633. The van der Waals surface area contributed by atoms with Gasteiger partial charge in [0.05, 0.1) is 6.10 Å². The monoisotopic (exact) mass is 291 g/mol. The van der Waals surface area contributed by atoms with Crippen LogP contribution in [0.3, 0.4) is 0 Å². The maximum atomic E-state index is 12.4. The third-order valence-corrected chi connectivity index (χ3v) is 3.78. The number of amides is 2. The zero-order valence-electron chi connectivity index (χ0n) is 12.8. The summed E-state index contributed by atoms with van der Waals surface area (Å²) in [4.78, 5) is 14.2. The van der Waals surface area contributed by atoms with Crippen LogP contribution in [-0.2, 0) is 11.3 Å². The Balaban J connectivity index is 1.97. The fourth-order valence-corrected chi connectivity index (χ4v) is 2.37. The molecule has 21 heavy (non-hydrogen) atoms. The SMILES string of the molecule is CC(C)C1CN(C(=O)Nc2ccc(CN)cc2)CCCO1. The molecule has 0 aromatic heterocycles. The van der Waals surface area contributed by atoms with Gasteiger partial charge in [-0.1, -0.05) is 26.0 Å². The molecule has 1 unspecified atom stereocenters. The summed E-state index contributed by atoms with van der Waals surface area (Å²) >= 11 is 0. The van der Waals surface area contributed by atoms with E-state index in [2.05, 4.69) is 19.2 Å². The molecule has 3 N–H and O–H groups in total. The van der Waals surface area contributed by atoms with Crippen molar-refractivity contribution in [2.45, 2.75) is 32.9 Å². The van der Waals surface area contributed by atoms with Crippen LogP contribution in [0, 0.1) is 5.92 Å². The fraction of sp³-hybridized carbons (Fsp3) is 0.562. The van der Waals surface area contributed by atoms with Gasteiger partial charge in [0.2, 0.25) is 0 Å². The van der Waals surface area contributed by atoms with Crippen LogP contribution in [0.25, 0.3) is 0 Å². The molecule has 0 saturated carbocycles. The molecule has 0 aliphatic carbocycles. The summed E-state index contributed by atoms with van der Waals surface area (Å²) in [6, 6.07) is 7.56. The van der Waals surface area contributed by atoms with Gasteiger partial charge in [0, 0.05) is 31.9 Å². The number of rotatable bonds is 3. The van der Waals surface area contributed by atoms with Gasteiger partial charge in [0.15, 0.2) is 0 Å². The van der Waals surface area contributed by atoms with Crippen LogP contribution >= 0.6 is 0 Å². The minimum Gasteiger partial charge on any atom is -0.376 e. The van der Waals surface area contributed by atoms with E-state index in [0.29, 0.717) is 19.0 Å². The van der Waals surface area contributed by atoms with Gasteiger partial charge in [-0.25, -0.2) is 4.79 Å². The summed E-state index contributed by atoms with van der Waals surface area (Å²) in [5.41, 5.74) is 7.42. The lowest BCUT2D eigenvalue weighted by molar-refractivity contribution is 0.0273. The topological polar surface area (TPSA) is 67.6 Å². The Kier molecular flexibility index (Phi) is 5.59. The van der Waals surface area contributed by atoms with Crippen LogP contribution in [0.1, 0.15) is 25.8 Å². The van der Waals surface area contributed by atoms with Crippen LogP contribution in [0.2, 0.25) is 0 Å². The number of hydrogen-bond acceptors (Lipinski definition) is 3. The lowest BCUT2D eigenvalue weighted by Crippen LogP contribution is -2.41. The Morgan fingerprint density at radius 3 is 2.76 bits per heavy atom. The van der Waals surface area contributed by atoms with Gasteiger partial charge < -0.3 is 20.7 Å². The summed E-state index contributed by atoms with van der Waals surface area (Å²) in [7, 11) is 0. The quantitative estimate of drug-likeness (QED) is 0.898. The number of hydrogen-bond donors (Lipinski definition) is 2. The molecule has 1 heterocycles. The summed E-state index contributed by atoms with van der Waals surface area (Å²) < 4.78 is 5.79. The molecule has 1 aromatic rings. The number of anilines is 1. The van der Waals surface area contributed by atoms with Crippen molar-refractivity contribution in [2.75, 3.05) is 25.0 Å². The van der Waals surface area contributed by atoms with Crippen LogP contribution < -0.4 is 11.1 Å². The first-order chi connectivity index (χ1) is 10.1. The standard InChI is InChI=1S/C16H25N3O2/c1-12(2)15-11-19(8-3-9-21-15)16(20)18-14-6-4-13(10-17)5-7-14/h4-7,12,15H,3,8-11,17H2,1-2H3,(H,18,20). The highest BCUT2D eigenvalue weighted by atomic mass is 16.5. The molecule has 5 nitrogen and oxygen atoms in total. The Morgan fingerprint density at radius 1 is 1.43 bits per heavy atom. The van der Waals surface area contributed by atoms with Crippen molar-refractivity contribution in [1.82, 2.24) is 4.90 Å². The second-order valence-corrected chi connectivity index (χ2v) is 5.78. The highest BCUT2D eigenvalue weighted by Crippen LogP contribution is 2.15. The van der Waals surface area contributed by atoms with E-state index in [1.807, 2.05) is 29.2 Å². The molecule has 2 amide bonds. The van der Waals surface area contributed by atoms with Crippen LogP contribution in [0.15, 0.2) is 24.3 Å². The number of ether oxygens (including phenoxy) is 1. The molecule has 5 heteroatoms. The molecular formula is C16H25N3O2. The first-order valence-electron chi connectivity index (χ1n) is 7.56. The number of carbonyl (C=O) groups is 1. The smallest absolute Gasteiger partial charge is 0.321 e. The number of carbonyl (C=O) groups excluding carboxylic acids is 1. The molecule has 1 aliphatic rings. The van der Waals surface area contributed by atoms with Crippen LogP contribution in [0.5, 0.6) is 0 Å². The van der Waals surface area contributed by atoms with Gasteiger partial charge in [0.1, 0.15) is 0 Å². The maximum Gasteiger partial charge on any atom is 0.321 e. The van der Waals surface area contributed by atoms with Crippen molar-refractivity contribution in [3.63, 3.8) is 0 Å². The molecule has 116 valence electrons. The van der Waals surface area contributed by atoms with Crippen molar-refractivity contribution in [2.24, 2.45) is 11.7 Å². The molecule has 1 saturated heterocycles. The van der Waals surface area contributed by atoms with Crippen molar-refractivity contribution in [1.29, 1.82) is 0 Å². The largest absolute Gasteiger partial charge is 0.376 e. The van der Waals surface area contributed by atoms with E-state index in [0.717, 1.165) is 30.8 Å². The van der Waals surface area contributed by atoms with E-state index in [1.165, 1.54) is 0 Å². The lowest BCUT2D eigenvalue weighted by Gasteiger charge is -2.26. The molecule has 1 aromatic carbocycles. The van der Waals surface area contributed by atoms with Gasteiger partial charge in [-0.05, 0) is 30.0 Å². The van der Waals surface area contributed by atoms with E-state index >= 15 is 0 Å². The molecule has 1 aliphatic heterocycles. The van der Waals surface area contributed by atoms with Crippen molar-refractivity contribution >= 4 is 11.7 Å². The van der Waals surface area contributed by atoms with Crippen molar-refractivity contribution in [3.05, 3.63) is 29.8 Å². The molecule has 0 radical (unpaired) electrons. The number of nitrogens with zero attached hydrogens (tertiary/aromatic N) is 1. The van der Waals surface area contributed by atoms with Gasteiger partial charge in [-0.3, -0.25) is 0 Å². The average molecular weight is 291 g/mol. The molecule has 1 fully saturated rings. The molecule has 1 atom stereocenters. The molecule has 2 rings (SSSR count). The van der Waals surface area contributed by atoms with Crippen molar-refractivity contribution < 1.29 is 9.53 Å².